The van der Waals surface area contributed by atoms with E-state index in [-0.39, 0.29) is 5.60 Å². The molecule has 2 aliphatic rings. The maximum Gasteiger partial charge on any atom is 0.146 e. The largest absolute Gasteiger partial charge is 0.483 e. The summed E-state index contributed by atoms with van der Waals surface area (Å²) in [4.78, 5) is 0. The van der Waals surface area contributed by atoms with E-state index >= 15 is 0 Å². The lowest BCUT2D eigenvalue weighted by molar-refractivity contribution is 0.0821. The fraction of sp³-hybridized carbons (Fsp3) is 0.538. The van der Waals surface area contributed by atoms with Crippen molar-refractivity contribution in [2.45, 2.75) is 38.2 Å². The van der Waals surface area contributed by atoms with Crippen molar-refractivity contribution in [3.63, 3.8) is 0 Å². The number of para-hydroxylation sites is 1. The zero-order valence-electron chi connectivity index (χ0n) is 9.18. The maximum atomic E-state index is 6.25. The highest BCUT2D eigenvalue weighted by atomic mass is 16.5. The predicted octanol–water partition coefficient (Wildman–Crippen LogP) is 3.11. The molecule has 0 saturated heterocycles. The summed E-state index contributed by atoms with van der Waals surface area (Å²) in [6.45, 7) is 3.10. The molecule has 1 N–H and O–H groups in total. The summed E-state index contributed by atoms with van der Waals surface area (Å²) >= 11 is 0. The maximum absolute atomic E-state index is 6.25. The standard InChI is InChI=1S/C13H17NO/c1-10-5-4-6-11-12(10)15-13(9-14-11)7-2-3-8-13/h4-6,14H,2-3,7-9H2,1H3. The quantitative estimate of drug-likeness (QED) is 0.699. The molecular weight excluding hydrogens is 186 g/mol. The molecule has 1 saturated carbocycles. The van der Waals surface area contributed by atoms with Gasteiger partial charge in [-0.1, -0.05) is 12.1 Å². The van der Waals surface area contributed by atoms with Crippen molar-refractivity contribution >= 4 is 5.69 Å². The van der Waals surface area contributed by atoms with Crippen LogP contribution in [-0.2, 0) is 0 Å². The van der Waals surface area contributed by atoms with E-state index in [0.29, 0.717) is 0 Å². The lowest BCUT2D eigenvalue weighted by atomic mass is 9.99. The number of nitrogens with one attached hydrogen (secondary N) is 1. The van der Waals surface area contributed by atoms with E-state index in [1.54, 1.807) is 0 Å². The summed E-state index contributed by atoms with van der Waals surface area (Å²) < 4.78 is 6.25. The molecular formula is C13H17NO. The Bertz CT molecular complexity index is 380. The third kappa shape index (κ3) is 1.39. The Morgan fingerprint density at radius 2 is 2.07 bits per heavy atom. The summed E-state index contributed by atoms with van der Waals surface area (Å²) in [6, 6.07) is 6.30. The SMILES string of the molecule is Cc1cccc2c1OC1(CCCC1)CN2. The third-order valence-corrected chi connectivity index (χ3v) is 3.65. The van der Waals surface area contributed by atoms with Crippen molar-refractivity contribution in [1.82, 2.24) is 0 Å². The van der Waals surface area contributed by atoms with Crippen molar-refractivity contribution in [1.29, 1.82) is 0 Å². The van der Waals surface area contributed by atoms with Crippen LogP contribution in [0, 0.1) is 6.92 Å². The van der Waals surface area contributed by atoms with Gasteiger partial charge in [0.25, 0.3) is 0 Å². The first-order chi connectivity index (χ1) is 7.29. The van der Waals surface area contributed by atoms with Gasteiger partial charge in [0.2, 0.25) is 0 Å². The fourth-order valence-electron chi connectivity index (χ4n) is 2.73. The zero-order valence-corrected chi connectivity index (χ0v) is 9.18. The molecule has 80 valence electrons. The molecule has 1 aliphatic carbocycles. The minimum absolute atomic E-state index is 0.0963. The number of benzene rings is 1. The van der Waals surface area contributed by atoms with E-state index in [9.17, 15) is 0 Å². The van der Waals surface area contributed by atoms with Gasteiger partial charge in [0.1, 0.15) is 11.4 Å². The molecule has 2 nitrogen and oxygen atoms in total. The Morgan fingerprint density at radius 3 is 2.87 bits per heavy atom. The van der Waals surface area contributed by atoms with Crippen LogP contribution in [0.1, 0.15) is 31.2 Å². The van der Waals surface area contributed by atoms with Crippen LogP contribution in [-0.4, -0.2) is 12.1 Å². The first-order valence-electron chi connectivity index (χ1n) is 5.82. The fourth-order valence-corrected chi connectivity index (χ4v) is 2.73. The predicted molar refractivity (Wildman–Crippen MR) is 61.5 cm³/mol. The number of ether oxygens (including phenoxy) is 1. The van der Waals surface area contributed by atoms with Gasteiger partial charge in [-0.15, -0.1) is 0 Å². The highest BCUT2D eigenvalue weighted by molar-refractivity contribution is 5.61. The summed E-state index contributed by atoms with van der Waals surface area (Å²) in [5.74, 6) is 1.07. The second-order valence-corrected chi connectivity index (χ2v) is 4.80. The van der Waals surface area contributed by atoms with Gasteiger partial charge < -0.3 is 10.1 Å². The Labute approximate surface area is 90.6 Å². The van der Waals surface area contributed by atoms with E-state index in [0.717, 1.165) is 18.0 Å². The van der Waals surface area contributed by atoms with Crippen molar-refractivity contribution in [2.24, 2.45) is 0 Å². The molecule has 1 aliphatic heterocycles. The molecule has 0 bridgehead atoms. The molecule has 0 aromatic heterocycles. The number of anilines is 1. The smallest absolute Gasteiger partial charge is 0.146 e. The van der Waals surface area contributed by atoms with Crippen molar-refractivity contribution in [3.05, 3.63) is 23.8 Å². The Morgan fingerprint density at radius 1 is 1.27 bits per heavy atom. The van der Waals surface area contributed by atoms with E-state index in [1.165, 1.54) is 31.2 Å². The minimum Gasteiger partial charge on any atom is -0.483 e. The van der Waals surface area contributed by atoms with Gasteiger partial charge in [-0.3, -0.25) is 0 Å². The second kappa shape index (κ2) is 3.16. The molecule has 15 heavy (non-hydrogen) atoms. The number of fused-ring (bicyclic) bond motifs is 1. The molecule has 1 aromatic carbocycles. The van der Waals surface area contributed by atoms with E-state index in [2.05, 4.69) is 30.4 Å². The van der Waals surface area contributed by atoms with Crippen LogP contribution in [0.25, 0.3) is 0 Å². The molecule has 0 amide bonds. The zero-order chi connectivity index (χ0) is 10.3. The minimum atomic E-state index is 0.0963. The van der Waals surface area contributed by atoms with E-state index in [4.69, 9.17) is 4.74 Å². The molecule has 3 rings (SSSR count). The average molecular weight is 203 g/mol. The molecule has 0 atom stereocenters. The highest BCUT2D eigenvalue weighted by Gasteiger charge is 2.39. The van der Waals surface area contributed by atoms with Crippen LogP contribution >= 0.6 is 0 Å². The van der Waals surface area contributed by atoms with Crippen LogP contribution in [0.5, 0.6) is 5.75 Å². The third-order valence-electron chi connectivity index (χ3n) is 3.65. The van der Waals surface area contributed by atoms with Gasteiger partial charge in [0.05, 0.1) is 12.2 Å². The number of aryl methyl sites for hydroxylation is 1. The van der Waals surface area contributed by atoms with Crippen molar-refractivity contribution in [3.8, 4) is 5.75 Å². The summed E-state index contributed by atoms with van der Waals surface area (Å²) in [6.07, 6.45) is 5.02. The highest BCUT2D eigenvalue weighted by Crippen LogP contribution is 2.42. The molecule has 1 aromatic rings. The first kappa shape index (κ1) is 9.08. The van der Waals surface area contributed by atoms with Gasteiger partial charge in [-0.25, -0.2) is 0 Å². The number of hydrogen-bond acceptors (Lipinski definition) is 2. The molecule has 1 spiro atoms. The van der Waals surface area contributed by atoms with Gasteiger partial charge in [-0.2, -0.15) is 0 Å². The van der Waals surface area contributed by atoms with Crippen molar-refractivity contribution < 1.29 is 4.74 Å². The normalized spacial score (nSPS) is 21.9. The molecule has 1 fully saturated rings. The topological polar surface area (TPSA) is 21.3 Å². The average Bonchev–Trinajstić information content (AvgIpc) is 2.68. The number of rotatable bonds is 0. The van der Waals surface area contributed by atoms with Gasteiger partial charge in [0.15, 0.2) is 0 Å². The number of hydrogen-bond donors (Lipinski definition) is 1. The van der Waals surface area contributed by atoms with Crippen LogP contribution in [0.15, 0.2) is 18.2 Å². The lowest BCUT2D eigenvalue weighted by Crippen LogP contribution is -2.43. The Kier molecular flexibility index (Phi) is 1.91. The van der Waals surface area contributed by atoms with Gasteiger partial charge in [0, 0.05) is 0 Å². The molecule has 0 radical (unpaired) electrons. The van der Waals surface area contributed by atoms with Gasteiger partial charge in [-0.05, 0) is 44.2 Å². The van der Waals surface area contributed by atoms with Gasteiger partial charge >= 0.3 is 0 Å². The summed E-state index contributed by atoms with van der Waals surface area (Å²) in [7, 11) is 0. The first-order valence-corrected chi connectivity index (χ1v) is 5.82. The van der Waals surface area contributed by atoms with E-state index in [1.807, 2.05) is 0 Å². The molecule has 1 heterocycles. The molecule has 0 unspecified atom stereocenters. The molecule has 2 heteroatoms. The van der Waals surface area contributed by atoms with Crippen LogP contribution in [0.3, 0.4) is 0 Å². The summed E-state index contributed by atoms with van der Waals surface area (Å²) in [5, 5.41) is 3.51. The van der Waals surface area contributed by atoms with E-state index < -0.39 is 0 Å². The van der Waals surface area contributed by atoms with Crippen LogP contribution in [0.4, 0.5) is 5.69 Å². The Balaban J connectivity index is 1.98. The van der Waals surface area contributed by atoms with Crippen LogP contribution < -0.4 is 10.1 Å². The monoisotopic (exact) mass is 203 g/mol. The lowest BCUT2D eigenvalue weighted by Gasteiger charge is -2.37. The Hall–Kier alpha value is -1.18. The van der Waals surface area contributed by atoms with Crippen LogP contribution in [0.2, 0.25) is 0 Å². The summed E-state index contributed by atoms with van der Waals surface area (Å²) in [5.41, 5.74) is 2.50. The van der Waals surface area contributed by atoms with Crippen molar-refractivity contribution in [2.75, 3.05) is 11.9 Å². The second-order valence-electron chi connectivity index (χ2n) is 4.80.